The number of aliphatic carboxylic acids is 2. The molecule has 1 aromatic carbocycles. The van der Waals surface area contributed by atoms with Crippen molar-refractivity contribution in [2.45, 2.75) is 195 Å². The molecule has 0 heterocycles. The Balaban J connectivity index is 0.748. The van der Waals surface area contributed by atoms with Crippen molar-refractivity contribution in [3.8, 4) is 0 Å². The molecule has 8 saturated carbocycles. The molecule has 9 rings (SSSR count). The Morgan fingerprint density at radius 2 is 0.875 bits per heavy atom. The predicted octanol–water partition coefficient (Wildman–Crippen LogP) is 13.1. The van der Waals surface area contributed by atoms with Gasteiger partial charge in [0.1, 0.15) is 12.2 Å². The fourth-order valence-electron chi connectivity index (χ4n) is 18.9. The molecule has 8 fully saturated rings. The van der Waals surface area contributed by atoms with Gasteiger partial charge in [0, 0.05) is 12.8 Å². The first-order valence-corrected chi connectivity index (χ1v) is 26.4. The molecule has 0 radical (unpaired) electrons. The quantitative estimate of drug-likeness (QED) is 0.199. The molecule has 354 valence electrons. The average Bonchev–Trinajstić information content (AvgIpc) is 3.82. The predicted molar refractivity (Wildman–Crippen MR) is 247 cm³/mol. The van der Waals surface area contributed by atoms with Crippen LogP contribution in [0.1, 0.15) is 204 Å². The number of hydrogen-bond donors (Lipinski definition) is 2. The van der Waals surface area contributed by atoms with Gasteiger partial charge in [-0.3, -0.25) is 9.59 Å². The molecule has 0 unspecified atom stereocenters. The topological polar surface area (TPSA) is 127 Å². The lowest BCUT2D eigenvalue weighted by Crippen LogP contribution is -2.54. The minimum atomic E-state index is -0.673. The maximum Gasteiger partial charge on any atom is 0.338 e. The van der Waals surface area contributed by atoms with E-state index in [0.29, 0.717) is 57.5 Å². The Morgan fingerprint density at radius 1 is 0.516 bits per heavy atom. The summed E-state index contributed by atoms with van der Waals surface area (Å²) >= 11 is 0. The molecular formula is C56H82O8. The number of hydrogen-bond acceptors (Lipinski definition) is 6. The average molecular weight is 883 g/mol. The molecule has 2 N–H and O–H groups in total. The summed E-state index contributed by atoms with van der Waals surface area (Å²) in [5.74, 6) is 5.79. The van der Waals surface area contributed by atoms with E-state index in [1.54, 1.807) is 24.3 Å². The van der Waals surface area contributed by atoms with Crippen molar-refractivity contribution >= 4 is 23.9 Å². The summed E-state index contributed by atoms with van der Waals surface area (Å²) < 4.78 is 12.5. The van der Waals surface area contributed by atoms with Crippen LogP contribution in [0.25, 0.3) is 0 Å². The first kappa shape index (κ1) is 46.2. The number of fused-ring (bicyclic) bond motifs is 10. The molecule has 8 heteroatoms. The minimum Gasteiger partial charge on any atom is -0.481 e. The van der Waals surface area contributed by atoms with Gasteiger partial charge >= 0.3 is 23.9 Å². The number of carbonyl (C=O) groups is 4. The van der Waals surface area contributed by atoms with Crippen LogP contribution in [0.5, 0.6) is 0 Å². The second kappa shape index (κ2) is 17.6. The smallest absolute Gasteiger partial charge is 0.338 e. The van der Waals surface area contributed by atoms with Gasteiger partial charge in [0.2, 0.25) is 0 Å². The third-order valence-electron chi connectivity index (χ3n) is 22.3. The highest BCUT2D eigenvalue weighted by molar-refractivity contribution is 5.93. The number of carbonyl (C=O) groups excluding carboxylic acids is 2. The molecule has 0 bridgehead atoms. The molecular weight excluding hydrogens is 801 g/mol. The van der Waals surface area contributed by atoms with E-state index in [-0.39, 0.29) is 47.8 Å². The molecule has 0 aliphatic heterocycles. The Labute approximate surface area is 384 Å². The van der Waals surface area contributed by atoms with E-state index < -0.39 is 11.9 Å². The van der Waals surface area contributed by atoms with Gasteiger partial charge in [-0.25, -0.2) is 9.59 Å². The SMILES string of the molecule is C[C@H](CCC(=O)O)[C@H]1CC[C@H]2[C@@H]3CC[C@@H]4C[C@H](OC(=O)c5ccc(C(=O)O[C@@H]6CC[C@@]7(C)[C@H](CC[C@@H]8[C@@H]7CC[C@]7(C)[C@@H]([C@H](C)CCC(=O)O)CC[C@@H]87)C6)cc5)CC[C@]4(C)[C@H]3CC[C@]12C. The van der Waals surface area contributed by atoms with Crippen molar-refractivity contribution in [3.05, 3.63) is 35.4 Å². The highest BCUT2D eigenvalue weighted by Crippen LogP contribution is 2.70. The van der Waals surface area contributed by atoms with E-state index in [1.807, 2.05) is 0 Å². The third-order valence-corrected chi connectivity index (χ3v) is 22.3. The van der Waals surface area contributed by atoms with E-state index in [9.17, 15) is 29.4 Å². The number of benzene rings is 1. The Kier molecular flexibility index (Phi) is 12.7. The summed E-state index contributed by atoms with van der Waals surface area (Å²) in [4.78, 5) is 49.8. The first-order valence-electron chi connectivity index (χ1n) is 26.4. The van der Waals surface area contributed by atoms with Crippen LogP contribution < -0.4 is 0 Å². The van der Waals surface area contributed by atoms with Crippen LogP contribution in [0.4, 0.5) is 0 Å². The summed E-state index contributed by atoms with van der Waals surface area (Å²) in [5.41, 5.74) is 2.19. The van der Waals surface area contributed by atoms with Gasteiger partial charge in [0.25, 0.3) is 0 Å². The number of ether oxygens (including phenoxy) is 2. The van der Waals surface area contributed by atoms with Crippen molar-refractivity contribution in [3.63, 3.8) is 0 Å². The van der Waals surface area contributed by atoms with Crippen LogP contribution >= 0.6 is 0 Å². The van der Waals surface area contributed by atoms with Gasteiger partial charge in [-0.15, -0.1) is 0 Å². The Morgan fingerprint density at radius 3 is 1.25 bits per heavy atom. The molecule has 0 aromatic heterocycles. The standard InChI is InChI=1S/C56H82O8/c1-33(7-21-49(57)58)43-17-19-45-41-15-13-37-31-39(23-27-53(37,3)47(41)25-29-55(43,45)5)63-51(61)35-9-11-36(12-10-35)52(62)64-40-24-28-54(4)38(32-40)14-16-42-46-20-18-44(34(2)8-22-50(59)60)56(46,6)30-26-48(42)54/h9-12,33-34,37-48H,7-8,13-32H2,1-6H3,(H,57,58)(H,59,60)/t33-,34-,37-,38-,39-,40-,41+,42+,43-,44-,45+,46+,47+,48+,53+,54+,55-,56-/m1/s1. The lowest BCUT2D eigenvalue weighted by Gasteiger charge is -2.61. The van der Waals surface area contributed by atoms with E-state index in [2.05, 4.69) is 41.5 Å². The van der Waals surface area contributed by atoms with Crippen LogP contribution in [0.2, 0.25) is 0 Å². The molecule has 0 saturated heterocycles. The second-order valence-electron chi connectivity index (χ2n) is 24.8. The third kappa shape index (κ3) is 8.08. The molecule has 18 atom stereocenters. The second-order valence-corrected chi connectivity index (χ2v) is 24.8. The normalized spacial score (nSPS) is 44.3. The van der Waals surface area contributed by atoms with Crippen LogP contribution in [0.15, 0.2) is 24.3 Å². The molecule has 8 nitrogen and oxygen atoms in total. The van der Waals surface area contributed by atoms with Gasteiger partial charge in [0.05, 0.1) is 11.1 Å². The number of carboxylic acid groups (broad SMARTS) is 2. The zero-order chi connectivity index (χ0) is 45.3. The largest absolute Gasteiger partial charge is 0.481 e. The molecule has 0 spiro atoms. The van der Waals surface area contributed by atoms with Crippen molar-refractivity contribution in [1.29, 1.82) is 0 Å². The minimum absolute atomic E-state index is 0.0778. The van der Waals surface area contributed by atoms with Crippen molar-refractivity contribution < 1.29 is 38.9 Å². The highest BCUT2D eigenvalue weighted by Gasteiger charge is 2.62. The van der Waals surface area contributed by atoms with E-state index in [1.165, 1.54) is 77.0 Å². The number of rotatable bonds is 12. The van der Waals surface area contributed by atoms with Crippen LogP contribution in [0.3, 0.4) is 0 Å². The Hall–Kier alpha value is -2.90. The summed E-state index contributed by atoms with van der Waals surface area (Å²) in [7, 11) is 0. The Bertz CT molecular complexity index is 1770. The molecule has 8 aliphatic carbocycles. The van der Waals surface area contributed by atoms with Crippen LogP contribution in [-0.2, 0) is 19.1 Å². The first-order chi connectivity index (χ1) is 30.4. The van der Waals surface area contributed by atoms with E-state index in [0.717, 1.165) is 86.9 Å². The zero-order valence-electron chi connectivity index (χ0n) is 40.3. The zero-order valence-corrected chi connectivity index (χ0v) is 40.3. The van der Waals surface area contributed by atoms with Crippen molar-refractivity contribution in [1.82, 2.24) is 0 Å². The highest BCUT2D eigenvalue weighted by atomic mass is 16.5. The maximum absolute atomic E-state index is 13.6. The number of esters is 2. The summed E-state index contributed by atoms with van der Waals surface area (Å²) in [6.45, 7) is 14.8. The van der Waals surface area contributed by atoms with Crippen LogP contribution in [0, 0.1) is 92.7 Å². The van der Waals surface area contributed by atoms with Gasteiger partial charge in [-0.2, -0.15) is 0 Å². The summed E-state index contributed by atoms with van der Waals surface area (Å²) in [5, 5.41) is 18.7. The molecule has 1 aromatic rings. The fraction of sp³-hybridized carbons (Fsp3) is 0.821. The molecule has 8 aliphatic rings. The monoisotopic (exact) mass is 883 g/mol. The molecule has 0 amide bonds. The fourth-order valence-corrected chi connectivity index (χ4v) is 18.9. The molecule has 64 heavy (non-hydrogen) atoms. The lowest BCUT2D eigenvalue weighted by molar-refractivity contribution is -0.139. The van der Waals surface area contributed by atoms with Crippen LogP contribution in [-0.4, -0.2) is 46.3 Å². The van der Waals surface area contributed by atoms with Gasteiger partial charge in [0.15, 0.2) is 0 Å². The summed E-state index contributed by atoms with van der Waals surface area (Å²) in [6, 6.07) is 6.96. The van der Waals surface area contributed by atoms with Crippen molar-refractivity contribution in [2.75, 3.05) is 0 Å². The maximum atomic E-state index is 13.6. The van der Waals surface area contributed by atoms with E-state index >= 15 is 0 Å². The summed E-state index contributed by atoms with van der Waals surface area (Å²) in [6.07, 6.45) is 22.9. The van der Waals surface area contributed by atoms with Gasteiger partial charge in [-0.05, 0) is 245 Å². The van der Waals surface area contributed by atoms with E-state index in [4.69, 9.17) is 9.47 Å². The van der Waals surface area contributed by atoms with Gasteiger partial charge in [-0.1, -0.05) is 41.5 Å². The lowest BCUT2D eigenvalue weighted by atomic mass is 9.44. The number of carboxylic acids is 2. The van der Waals surface area contributed by atoms with Gasteiger partial charge < -0.3 is 19.7 Å². The van der Waals surface area contributed by atoms with Crippen molar-refractivity contribution in [2.24, 2.45) is 92.7 Å².